The van der Waals surface area contributed by atoms with Gasteiger partial charge in [0.2, 0.25) is 0 Å². The minimum atomic E-state index is -0.124. The Bertz CT molecular complexity index is 770. The average Bonchev–Trinajstić information content (AvgIpc) is 3.11. The molecule has 0 aliphatic heterocycles. The first kappa shape index (κ1) is 17.6. The lowest BCUT2D eigenvalue weighted by atomic mass is 9.72. The molecule has 2 aromatic rings. The summed E-state index contributed by atoms with van der Waals surface area (Å²) in [7, 11) is 0. The van der Waals surface area contributed by atoms with Crippen LogP contribution in [0.25, 0.3) is 0 Å². The second-order valence-corrected chi connectivity index (χ2v) is 9.91. The molecule has 0 bridgehead atoms. The highest BCUT2D eigenvalue weighted by Crippen LogP contribution is 2.40. The van der Waals surface area contributed by atoms with E-state index in [-0.39, 0.29) is 5.91 Å². The zero-order valence-corrected chi connectivity index (χ0v) is 16.4. The van der Waals surface area contributed by atoms with Crippen LogP contribution in [0.15, 0.2) is 22.6 Å². The minimum absolute atomic E-state index is 0.124. The van der Waals surface area contributed by atoms with Crippen LogP contribution in [0.3, 0.4) is 0 Å². The molecule has 1 aliphatic carbocycles. The van der Waals surface area contributed by atoms with E-state index in [0.29, 0.717) is 15.7 Å². The van der Waals surface area contributed by atoms with Crippen molar-refractivity contribution in [2.24, 2.45) is 16.4 Å². The van der Waals surface area contributed by atoms with E-state index in [9.17, 15) is 4.79 Å². The van der Waals surface area contributed by atoms with E-state index in [1.54, 1.807) is 17.6 Å². The molecule has 1 aliphatic rings. The standard InChI is InChI=1S/C18H21ClN2OS2/c1-18(2,3)11-4-6-13-14(10-23-15(13)8-11)17(22)21-20-9-12-5-7-16(19)24-12/h5,7,9-11H,4,6,8H2,1-3H3,(H,21,22)/b20-9+. The molecule has 0 radical (unpaired) electrons. The van der Waals surface area contributed by atoms with Gasteiger partial charge in [-0.15, -0.1) is 22.7 Å². The van der Waals surface area contributed by atoms with Crippen molar-refractivity contribution < 1.29 is 4.79 Å². The van der Waals surface area contributed by atoms with Crippen molar-refractivity contribution in [1.82, 2.24) is 5.43 Å². The Morgan fingerprint density at radius 3 is 2.88 bits per heavy atom. The van der Waals surface area contributed by atoms with Crippen LogP contribution in [0.5, 0.6) is 0 Å². The van der Waals surface area contributed by atoms with Crippen LogP contribution in [0.1, 0.15) is 52.9 Å². The zero-order valence-electron chi connectivity index (χ0n) is 14.1. The number of rotatable bonds is 3. The number of halogens is 1. The number of carbonyl (C=O) groups is 1. The number of fused-ring (bicyclic) bond motifs is 1. The van der Waals surface area contributed by atoms with Crippen molar-refractivity contribution in [2.45, 2.75) is 40.0 Å². The van der Waals surface area contributed by atoms with Crippen molar-refractivity contribution in [2.75, 3.05) is 0 Å². The van der Waals surface area contributed by atoms with Crippen LogP contribution in [-0.2, 0) is 12.8 Å². The number of amides is 1. The molecule has 0 saturated carbocycles. The molecule has 0 spiro atoms. The second kappa shape index (κ2) is 6.98. The number of thiophene rings is 2. The number of hydrogen-bond acceptors (Lipinski definition) is 4. The highest BCUT2D eigenvalue weighted by atomic mass is 35.5. The van der Waals surface area contributed by atoms with Gasteiger partial charge in [0.1, 0.15) is 0 Å². The minimum Gasteiger partial charge on any atom is -0.267 e. The topological polar surface area (TPSA) is 41.5 Å². The molecule has 1 unspecified atom stereocenters. The molecule has 128 valence electrons. The number of carbonyl (C=O) groups excluding carboxylic acids is 1. The lowest BCUT2D eigenvalue weighted by Crippen LogP contribution is -2.27. The van der Waals surface area contributed by atoms with E-state index in [2.05, 4.69) is 31.3 Å². The highest BCUT2D eigenvalue weighted by molar-refractivity contribution is 7.17. The quantitative estimate of drug-likeness (QED) is 0.563. The summed E-state index contributed by atoms with van der Waals surface area (Å²) in [5.74, 6) is 0.557. The van der Waals surface area contributed by atoms with Crippen LogP contribution < -0.4 is 5.43 Å². The first-order chi connectivity index (χ1) is 11.3. The lowest BCUT2D eigenvalue weighted by Gasteiger charge is -2.33. The van der Waals surface area contributed by atoms with Gasteiger partial charge < -0.3 is 0 Å². The van der Waals surface area contributed by atoms with Gasteiger partial charge in [-0.25, -0.2) is 5.43 Å². The maximum absolute atomic E-state index is 12.4. The summed E-state index contributed by atoms with van der Waals surface area (Å²) in [5, 5.41) is 6.02. The van der Waals surface area contributed by atoms with Crippen molar-refractivity contribution >= 4 is 46.4 Å². The zero-order chi connectivity index (χ0) is 17.3. The first-order valence-electron chi connectivity index (χ1n) is 8.02. The summed E-state index contributed by atoms with van der Waals surface area (Å²) in [6, 6.07) is 3.69. The van der Waals surface area contributed by atoms with Crippen LogP contribution in [0.2, 0.25) is 4.34 Å². The lowest BCUT2D eigenvalue weighted by molar-refractivity contribution is 0.0954. The van der Waals surface area contributed by atoms with Gasteiger partial charge in [-0.05, 0) is 48.3 Å². The Morgan fingerprint density at radius 2 is 2.21 bits per heavy atom. The molecule has 1 N–H and O–H groups in total. The number of nitrogens with zero attached hydrogens (tertiary/aromatic N) is 1. The Kier molecular flexibility index (Phi) is 5.13. The molecule has 0 fully saturated rings. The molecule has 24 heavy (non-hydrogen) atoms. The molecule has 3 rings (SSSR count). The van der Waals surface area contributed by atoms with Gasteiger partial charge in [0.05, 0.1) is 16.1 Å². The third-order valence-corrected chi connectivity index (χ3v) is 6.79. The van der Waals surface area contributed by atoms with Gasteiger partial charge in [-0.3, -0.25) is 4.79 Å². The van der Waals surface area contributed by atoms with Crippen LogP contribution in [0.4, 0.5) is 0 Å². The Labute approximate surface area is 155 Å². The predicted molar refractivity (Wildman–Crippen MR) is 104 cm³/mol. The fraction of sp³-hybridized carbons (Fsp3) is 0.444. The molecule has 1 atom stereocenters. The van der Waals surface area contributed by atoms with Crippen molar-refractivity contribution in [3.8, 4) is 0 Å². The maximum Gasteiger partial charge on any atom is 0.272 e. The number of nitrogens with one attached hydrogen (secondary N) is 1. The third-order valence-electron chi connectivity index (χ3n) is 4.58. The van der Waals surface area contributed by atoms with Crippen molar-refractivity contribution in [3.63, 3.8) is 0 Å². The Hall–Kier alpha value is -1.17. The largest absolute Gasteiger partial charge is 0.272 e. The van der Waals surface area contributed by atoms with Gasteiger partial charge in [-0.2, -0.15) is 5.10 Å². The first-order valence-corrected chi connectivity index (χ1v) is 10.1. The van der Waals surface area contributed by atoms with E-state index < -0.39 is 0 Å². The number of hydrogen-bond donors (Lipinski definition) is 1. The van der Waals surface area contributed by atoms with E-state index >= 15 is 0 Å². The second-order valence-electron chi connectivity index (χ2n) is 7.20. The summed E-state index contributed by atoms with van der Waals surface area (Å²) >= 11 is 9.01. The normalized spacial score (nSPS) is 17.9. The van der Waals surface area contributed by atoms with Gasteiger partial charge in [-0.1, -0.05) is 32.4 Å². The SMILES string of the molecule is CC(C)(C)C1CCc2c(C(=O)N/N=C/c3ccc(Cl)s3)csc2C1. The smallest absolute Gasteiger partial charge is 0.267 e. The van der Waals surface area contributed by atoms with E-state index in [4.69, 9.17) is 11.6 Å². The van der Waals surface area contributed by atoms with Crippen LogP contribution in [0, 0.1) is 11.3 Å². The third kappa shape index (κ3) is 3.90. The van der Waals surface area contributed by atoms with E-state index in [1.807, 2.05) is 17.5 Å². The molecular weight excluding hydrogens is 360 g/mol. The maximum atomic E-state index is 12.4. The molecule has 1 amide bonds. The van der Waals surface area contributed by atoms with Crippen molar-refractivity contribution in [1.29, 1.82) is 0 Å². The summed E-state index contributed by atoms with van der Waals surface area (Å²) < 4.78 is 0.711. The fourth-order valence-electron chi connectivity index (χ4n) is 3.05. The number of hydrazone groups is 1. The summed E-state index contributed by atoms with van der Waals surface area (Å²) in [6.45, 7) is 6.90. The van der Waals surface area contributed by atoms with Crippen LogP contribution >= 0.6 is 34.3 Å². The predicted octanol–water partition coefficient (Wildman–Crippen LogP) is 5.38. The average molecular weight is 381 g/mol. The van der Waals surface area contributed by atoms with Gasteiger partial charge in [0.15, 0.2) is 0 Å². The molecule has 2 heterocycles. The summed E-state index contributed by atoms with van der Waals surface area (Å²) in [6.07, 6.45) is 4.83. The van der Waals surface area contributed by atoms with Crippen LogP contribution in [-0.4, -0.2) is 12.1 Å². The van der Waals surface area contributed by atoms with E-state index in [0.717, 1.165) is 29.7 Å². The van der Waals surface area contributed by atoms with Crippen molar-refractivity contribution in [3.05, 3.63) is 42.7 Å². The van der Waals surface area contributed by atoms with Gasteiger partial charge in [0.25, 0.3) is 5.91 Å². The fourth-order valence-corrected chi connectivity index (χ4v) is 5.15. The summed E-state index contributed by atoms with van der Waals surface area (Å²) in [4.78, 5) is 14.7. The highest BCUT2D eigenvalue weighted by Gasteiger charge is 2.31. The molecular formula is C18H21ClN2OS2. The summed E-state index contributed by atoms with van der Waals surface area (Å²) in [5.41, 5.74) is 4.95. The van der Waals surface area contributed by atoms with Gasteiger partial charge in [0, 0.05) is 15.1 Å². The molecule has 0 aromatic carbocycles. The molecule has 0 saturated heterocycles. The molecule has 6 heteroatoms. The monoisotopic (exact) mass is 380 g/mol. The van der Waals surface area contributed by atoms with Gasteiger partial charge >= 0.3 is 0 Å². The molecule has 2 aromatic heterocycles. The Balaban J connectivity index is 1.67. The van der Waals surface area contributed by atoms with E-state index in [1.165, 1.54) is 21.8 Å². The molecule has 3 nitrogen and oxygen atoms in total. The Morgan fingerprint density at radius 1 is 1.42 bits per heavy atom.